The smallest absolute Gasteiger partial charge is 0.445 e. The maximum atomic E-state index is 12.3. The molecule has 2 amide bonds. The summed E-state index contributed by atoms with van der Waals surface area (Å²) in [5.41, 5.74) is 1.83. The minimum atomic E-state index is -0.719. The Balaban J connectivity index is 1.53. The summed E-state index contributed by atoms with van der Waals surface area (Å²) in [6.07, 6.45) is 1.21. The number of hydrogen-bond donors (Lipinski definition) is 2. The first-order valence-electron chi connectivity index (χ1n) is 11.1. The number of carbonyl (C=O) groups excluding carboxylic acids is 3. The minimum Gasteiger partial charge on any atom is -0.445 e. The molecule has 1 saturated heterocycles. The molecule has 0 spiro atoms. The van der Waals surface area contributed by atoms with Crippen LogP contribution in [0.25, 0.3) is 6.08 Å². The SMILES string of the molecule is CC1(C)OB(C(=Cc2ccc3c(c2)C(=O)C(=O)N3)CNC(=O)OCc2ccccc2)OC1(C)C. The third kappa shape index (κ3) is 4.90. The highest BCUT2D eigenvalue weighted by Gasteiger charge is 2.52. The van der Waals surface area contributed by atoms with E-state index in [2.05, 4.69) is 10.6 Å². The molecule has 0 aromatic heterocycles. The van der Waals surface area contributed by atoms with Gasteiger partial charge in [-0.2, -0.15) is 0 Å². The molecule has 2 aliphatic heterocycles. The molecule has 0 unspecified atom stereocenters. The van der Waals surface area contributed by atoms with E-state index in [9.17, 15) is 14.4 Å². The molecule has 176 valence electrons. The van der Waals surface area contributed by atoms with Crippen molar-refractivity contribution in [3.05, 3.63) is 70.7 Å². The van der Waals surface area contributed by atoms with Gasteiger partial charge in [0.1, 0.15) is 6.61 Å². The van der Waals surface area contributed by atoms with E-state index in [1.807, 2.05) is 58.0 Å². The number of ketones is 1. The molecule has 2 aromatic carbocycles. The highest BCUT2D eigenvalue weighted by Crippen LogP contribution is 2.39. The van der Waals surface area contributed by atoms with Crippen molar-refractivity contribution in [2.45, 2.75) is 45.5 Å². The van der Waals surface area contributed by atoms with Gasteiger partial charge < -0.3 is 24.7 Å². The zero-order valence-corrected chi connectivity index (χ0v) is 19.6. The number of carbonyl (C=O) groups is 3. The molecule has 0 radical (unpaired) electrons. The Morgan fingerprint density at radius 1 is 1.06 bits per heavy atom. The van der Waals surface area contributed by atoms with Crippen LogP contribution >= 0.6 is 0 Å². The number of ether oxygens (including phenoxy) is 1. The molecule has 0 saturated carbocycles. The van der Waals surface area contributed by atoms with E-state index in [1.165, 1.54) is 0 Å². The summed E-state index contributed by atoms with van der Waals surface area (Å²) in [6, 6.07) is 14.5. The summed E-state index contributed by atoms with van der Waals surface area (Å²) in [6.45, 7) is 8.02. The summed E-state index contributed by atoms with van der Waals surface area (Å²) in [4.78, 5) is 36.1. The van der Waals surface area contributed by atoms with Crippen molar-refractivity contribution in [2.75, 3.05) is 11.9 Å². The van der Waals surface area contributed by atoms with Gasteiger partial charge in [0.15, 0.2) is 0 Å². The van der Waals surface area contributed by atoms with Crippen LogP contribution in [0.1, 0.15) is 49.2 Å². The van der Waals surface area contributed by atoms with E-state index in [0.29, 0.717) is 22.3 Å². The van der Waals surface area contributed by atoms with Crippen LogP contribution in [-0.2, 0) is 25.4 Å². The lowest BCUT2D eigenvalue weighted by Gasteiger charge is -2.32. The van der Waals surface area contributed by atoms with Crippen LogP contribution < -0.4 is 10.6 Å². The average Bonchev–Trinajstić information content (AvgIpc) is 3.20. The standard InChI is InChI=1S/C25H27BN2O6/c1-24(2)25(3,4)34-26(33-24)18(14-27-23(31)32-15-16-8-6-5-7-9-16)12-17-10-11-20-19(13-17)21(29)22(30)28-20/h5-13H,14-15H2,1-4H3,(H,27,31)(H,28,29,30). The molecule has 0 bridgehead atoms. The van der Waals surface area contributed by atoms with Crippen molar-refractivity contribution in [1.29, 1.82) is 0 Å². The van der Waals surface area contributed by atoms with Crippen molar-refractivity contribution >= 4 is 36.7 Å². The van der Waals surface area contributed by atoms with Crippen LogP contribution in [0, 0.1) is 0 Å². The normalized spacial score (nSPS) is 18.5. The van der Waals surface area contributed by atoms with Gasteiger partial charge in [0, 0.05) is 6.54 Å². The van der Waals surface area contributed by atoms with Gasteiger partial charge in [-0.3, -0.25) is 9.59 Å². The van der Waals surface area contributed by atoms with Crippen molar-refractivity contribution in [3.8, 4) is 0 Å². The lowest BCUT2D eigenvalue weighted by molar-refractivity contribution is -0.112. The first-order valence-corrected chi connectivity index (χ1v) is 11.1. The summed E-state index contributed by atoms with van der Waals surface area (Å²) in [5, 5.41) is 5.29. The average molecular weight is 462 g/mol. The molecule has 8 nitrogen and oxygen atoms in total. The maximum Gasteiger partial charge on any atom is 0.492 e. The molecule has 1 fully saturated rings. The Kier molecular flexibility index (Phi) is 6.33. The topological polar surface area (TPSA) is 103 Å². The Hall–Kier alpha value is -3.43. The molecule has 2 N–H and O–H groups in total. The first kappa shape index (κ1) is 23.7. The molecular formula is C25H27BN2O6. The Bertz CT molecular complexity index is 1140. The second-order valence-corrected chi connectivity index (χ2v) is 9.31. The minimum absolute atomic E-state index is 0.104. The van der Waals surface area contributed by atoms with Gasteiger partial charge in [0.25, 0.3) is 11.7 Å². The number of anilines is 1. The van der Waals surface area contributed by atoms with E-state index in [0.717, 1.165) is 5.56 Å². The van der Waals surface area contributed by atoms with Crippen LogP contribution in [0.5, 0.6) is 0 Å². The monoisotopic (exact) mass is 462 g/mol. The number of rotatable bonds is 6. The van der Waals surface area contributed by atoms with Crippen molar-refractivity contribution in [2.24, 2.45) is 0 Å². The molecule has 2 aliphatic rings. The number of Topliss-reactive ketones (excluding diaryl/α,β-unsaturated/α-hetero) is 1. The van der Waals surface area contributed by atoms with Crippen molar-refractivity contribution in [1.82, 2.24) is 5.32 Å². The lowest BCUT2D eigenvalue weighted by atomic mass is 9.77. The quantitative estimate of drug-likeness (QED) is 0.501. The molecular weight excluding hydrogens is 435 g/mol. The fourth-order valence-corrected chi connectivity index (χ4v) is 3.61. The molecule has 9 heteroatoms. The first-order chi connectivity index (χ1) is 16.1. The van der Waals surface area contributed by atoms with Crippen LogP contribution in [0.15, 0.2) is 54.0 Å². The van der Waals surface area contributed by atoms with E-state index < -0.39 is 36.1 Å². The maximum absolute atomic E-state index is 12.3. The Morgan fingerprint density at radius 2 is 1.74 bits per heavy atom. The number of benzene rings is 2. The van der Waals surface area contributed by atoms with Crippen LogP contribution in [0.4, 0.5) is 10.5 Å². The van der Waals surface area contributed by atoms with Gasteiger partial charge in [-0.25, -0.2) is 4.79 Å². The second kappa shape index (κ2) is 9.08. The molecule has 2 aromatic rings. The number of hydrogen-bond acceptors (Lipinski definition) is 6. The van der Waals surface area contributed by atoms with Gasteiger partial charge in [-0.05, 0) is 56.4 Å². The fourth-order valence-electron chi connectivity index (χ4n) is 3.61. The third-order valence-electron chi connectivity index (χ3n) is 6.30. The zero-order valence-electron chi connectivity index (χ0n) is 19.6. The van der Waals surface area contributed by atoms with E-state index in [-0.39, 0.29) is 13.2 Å². The fraction of sp³-hybridized carbons (Fsp3) is 0.320. The molecule has 2 heterocycles. The number of amides is 2. The molecule has 34 heavy (non-hydrogen) atoms. The number of alkyl carbamates (subject to hydrolysis) is 1. The van der Waals surface area contributed by atoms with E-state index in [4.69, 9.17) is 14.0 Å². The summed E-state index contributed by atoms with van der Waals surface area (Å²) < 4.78 is 17.7. The third-order valence-corrected chi connectivity index (χ3v) is 6.30. The Morgan fingerprint density at radius 3 is 2.41 bits per heavy atom. The number of fused-ring (bicyclic) bond motifs is 1. The summed E-state index contributed by atoms with van der Waals surface area (Å²) in [5.74, 6) is -1.23. The largest absolute Gasteiger partial charge is 0.492 e. The number of nitrogens with one attached hydrogen (secondary N) is 2. The zero-order chi connectivity index (χ0) is 24.5. The van der Waals surface area contributed by atoms with Crippen molar-refractivity contribution in [3.63, 3.8) is 0 Å². The van der Waals surface area contributed by atoms with Gasteiger partial charge in [-0.15, -0.1) is 0 Å². The van der Waals surface area contributed by atoms with Gasteiger partial charge >= 0.3 is 13.2 Å². The van der Waals surface area contributed by atoms with Crippen LogP contribution in [0.3, 0.4) is 0 Å². The van der Waals surface area contributed by atoms with Crippen LogP contribution in [0.2, 0.25) is 0 Å². The predicted molar refractivity (Wildman–Crippen MR) is 128 cm³/mol. The van der Waals surface area contributed by atoms with Crippen LogP contribution in [-0.4, -0.2) is 42.6 Å². The molecule has 4 rings (SSSR count). The van der Waals surface area contributed by atoms with Gasteiger partial charge in [0.2, 0.25) is 0 Å². The molecule has 0 aliphatic carbocycles. The highest BCUT2D eigenvalue weighted by molar-refractivity contribution is 6.56. The predicted octanol–water partition coefficient (Wildman–Crippen LogP) is 3.76. The van der Waals surface area contributed by atoms with E-state index in [1.54, 1.807) is 24.3 Å². The summed E-state index contributed by atoms with van der Waals surface area (Å²) >= 11 is 0. The van der Waals surface area contributed by atoms with Gasteiger partial charge in [-0.1, -0.05) is 42.5 Å². The second-order valence-electron chi connectivity index (χ2n) is 9.31. The lowest BCUT2D eigenvalue weighted by Crippen LogP contribution is -2.41. The summed E-state index contributed by atoms with van der Waals surface area (Å²) in [7, 11) is -0.719. The Labute approximate surface area is 198 Å². The molecule has 0 atom stereocenters. The van der Waals surface area contributed by atoms with Gasteiger partial charge in [0.05, 0.1) is 22.5 Å². The van der Waals surface area contributed by atoms with Crippen molar-refractivity contribution < 1.29 is 28.4 Å². The van der Waals surface area contributed by atoms with E-state index >= 15 is 0 Å². The highest BCUT2D eigenvalue weighted by atomic mass is 16.7.